The molecule has 0 spiro atoms. The minimum atomic E-state index is -5.05. The van der Waals surface area contributed by atoms with Gasteiger partial charge < -0.3 is 14.6 Å². The average molecular weight is 677 g/mol. The maximum atomic E-state index is 13.6. The predicted molar refractivity (Wildman–Crippen MR) is 164 cm³/mol. The summed E-state index contributed by atoms with van der Waals surface area (Å²) < 4.78 is 92.7. The van der Waals surface area contributed by atoms with E-state index in [4.69, 9.17) is 9.47 Å². The van der Waals surface area contributed by atoms with Crippen molar-refractivity contribution in [3.05, 3.63) is 87.6 Å². The van der Waals surface area contributed by atoms with Gasteiger partial charge in [0.1, 0.15) is 6.10 Å². The third-order valence-electron chi connectivity index (χ3n) is 9.02. The van der Waals surface area contributed by atoms with Gasteiger partial charge in [-0.2, -0.15) is 26.3 Å². The molecule has 2 aliphatic rings. The molecule has 1 fully saturated rings. The molecule has 48 heavy (non-hydrogen) atoms. The summed E-state index contributed by atoms with van der Waals surface area (Å²) in [6, 6.07) is 6.98. The van der Waals surface area contributed by atoms with E-state index in [9.17, 15) is 41.0 Å². The lowest BCUT2D eigenvalue weighted by Crippen LogP contribution is -2.35. The van der Waals surface area contributed by atoms with Crippen LogP contribution in [0.1, 0.15) is 84.3 Å². The van der Waals surface area contributed by atoms with Gasteiger partial charge in [-0.25, -0.2) is 14.6 Å². The van der Waals surface area contributed by atoms with E-state index in [1.54, 1.807) is 25.3 Å². The summed E-state index contributed by atoms with van der Waals surface area (Å²) in [6.45, 7) is 7.47. The first-order valence-electron chi connectivity index (χ1n) is 15.2. The highest BCUT2D eigenvalue weighted by molar-refractivity contribution is 5.89. The van der Waals surface area contributed by atoms with E-state index >= 15 is 0 Å². The van der Waals surface area contributed by atoms with Crippen molar-refractivity contribution in [3.8, 4) is 17.0 Å². The predicted octanol–water partition coefficient (Wildman–Crippen LogP) is 9.35. The lowest BCUT2D eigenvalue weighted by molar-refractivity contribution is -0.143. The number of allylic oxidation sites excluding steroid dienone is 1. The second-order valence-electron chi connectivity index (χ2n) is 13.1. The van der Waals surface area contributed by atoms with Gasteiger partial charge in [-0.1, -0.05) is 19.9 Å². The molecule has 2 heterocycles. The molecule has 1 aliphatic heterocycles. The van der Waals surface area contributed by atoms with Crippen LogP contribution >= 0.6 is 0 Å². The molecule has 13 heteroatoms. The molecule has 2 atom stereocenters. The number of carboxylic acids is 1. The van der Waals surface area contributed by atoms with Gasteiger partial charge in [-0.15, -0.1) is 0 Å². The van der Waals surface area contributed by atoms with Crippen LogP contribution in [0, 0.1) is 12.3 Å². The number of amides is 1. The zero-order valence-corrected chi connectivity index (χ0v) is 26.8. The van der Waals surface area contributed by atoms with Gasteiger partial charge in [0, 0.05) is 23.9 Å². The zero-order chi connectivity index (χ0) is 35.3. The molecule has 7 nitrogen and oxygen atoms in total. The number of benzene rings is 2. The third kappa shape index (κ3) is 7.00. The third-order valence-corrected chi connectivity index (χ3v) is 9.02. The number of hydrogen-bond acceptors (Lipinski definition) is 5. The Kier molecular flexibility index (Phi) is 9.04. The second kappa shape index (κ2) is 12.5. The lowest BCUT2D eigenvalue weighted by Gasteiger charge is -2.35. The summed E-state index contributed by atoms with van der Waals surface area (Å²) in [6.07, 6.45) is -8.83. The molecule has 3 aromatic rings. The first-order chi connectivity index (χ1) is 22.3. The van der Waals surface area contributed by atoms with E-state index < -0.39 is 53.3 Å². The van der Waals surface area contributed by atoms with Crippen LogP contribution in [0.4, 0.5) is 31.1 Å². The highest BCUT2D eigenvalue weighted by atomic mass is 19.4. The van der Waals surface area contributed by atoms with E-state index in [-0.39, 0.29) is 23.6 Å². The molecule has 0 saturated carbocycles. The van der Waals surface area contributed by atoms with Crippen molar-refractivity contribution in [2.45, 2.75) is 71.5 Å². The van der Waals surface area contributed by atoms with Crippen LogP contribution in [0.5, 0.6) is 5.88 Å². The van der Waals surface area contributed by atoms with Crippen LogP contribution in [0.15, 0.2) is 54.2 Å². The molecule has 0 radical (unpaired) electrons. The van der Waals surface area contributed by atoms with Crippen LogP contribution in [0.2, 0.25) is 0 Å². The Morgan fingerprint density at radius 3 is 2.25 bits per heavy atom. The van der Waals surface area contributed by atoms with Crippen molar-refractivity contribution in [1.29, 1.82) is 0 Å². The van der Waals surface area contributed by atoms with Crippen LogP contribution < -0.4 is 4.74 Å². The number of halogens is 6. The number of pyridine rings is 1. The number of alkyl halides is 6. The van der Waals surface area contributed by atoms with E-state index in [1.807, 2.05) is 6.07 Å². The molecule has 0 bridgehead atoms. The van der Waals surface area contributed by atoms with Gasteiger partial charge in [-0.3, -0.25) is 4.90 Å². The molecule has 5 rings (SSSR count). The molecular weight excluding hydrogens is 642 g/mol. The minimum absolute atomic E-state index is 0.0140. The number of carbonyl (C=O) groups excluding carboxylic acids is 1. The first-order valence-corrected chi connectivity index (χ1v) is 15.2. The number of nitrogens with zero attached hydrogens (tertiary/aromatic N) is 2. The summed E-state index contributed by atoms with van der Waals surface area (Å²) >= 11 is 0. The fraction of sp³-hybridized carbons (Fsp3) is 0.400. The van der Waals surface area contributed by atoms with Crippen molar-refractivity contribution in [1.82, 2.24) is 9.88 Å². The van der Waals surface area contributed by atoms with Crippen molar-refractivity contribution in [3.63, 3.8) is 0 Å². The highest BCUT2D eigenvalue weighted by Gasteiger charge is 2.44. The smallest absolute Gasteiger partial charge is 0.416 e. The monoisotopic (exact) mass is 676 g/mol. The number of aryl methyl sites for hydroxylation is 1. The van der Waals surface area contributed by atoms with Gasteiger partial charge >= 0.3 is 24.4 Å². The fourth-order valence-electron chi connectivity index (χ4n) is 6.50. The van der Waals surface area contributed by atoms with E-state index in [2.05, 4.69) is 18.8 Å². The van der Waals surface area contributed by atoms with Crippen molar-refractivity contribution >= 4 is 17.6 Å². The Morgan fingerprint density at radius 1 is 1.04 bits per heavy atom. The van der Waals surface area contributed by atoms with Crippen LogP contribution in [-0.2, 0) is 17.1 Å². The summed E-state index contributed by atoms with van der Waals surface area (Å²) in [7, 11) is 1.47. The van der Waals surface area contributed by atoms with Gasteiger partial charge in [0.2, 0.25) is 5.88 Å². The number of carboxylic acid groups (broad SMARTS) is 1. The summed E-state index contributed by atoms with van der Waals surface area (Å²) in [5, 5.41) is 9.39. The number of aromatic carboxylic acids is 1. The Bertz CT molecular complexity index is 1760. The van der Waals surface area contributed by atoms with Gasteiger partial charge in [0.15, 0.2) is 0 Å². The van der Waals surface area contributed by atoms with E-state index in [0.29, 0.717) is 42.0 Å². The van der Waals surface area contributed by atoms with Crippen molar-refractivity contribution in [2.24, 2.45) is 5.41 Å². The fourth-order valence-corrected chi connectivity index (χ4v) is 6.50. The Hall–Kier alpha value is -4.55. The van der Waals surface area contributed by atoms with Gasteiger partial charge in [0.25, 0.3) is 0 Å². The molecule has 1 unspecified atom stereocenters. The zero-order valence-electron chi connectivity index (χ0n) is 26.8. The first kappa shape index (κ1) is 34.8. The van der Waals surface area contributed by atoms with Crippen LogP contribution in [0.25, 0.3) is 16.7 Å². The topological polar surface area (TPSA) is 89.0 Å². The maximum Gasteiger partial charge on any atom is 0.416 e. The van der Waals surface area contributed by atoms with Gasteiger partial charge in [0.05, 0.1) is 29.8 Å². The normalized spacial score (nSPS) is 19.8. The number of methoxy groups -OCH3 is 1. The quantitative estimate of drug-likeness (QED) is 0.251. The maximum absolute atomic E-state index is 13.6. The van der Waals surface area contributed by atoms with E-state index in [0.717, 1.165) is 28.7 Å². The number of carbonyl (C=O) groups is 2. The van der Waals surface area contributed by atoms with Crippen molar-refractivity contribution in [2.75, 3.05) is 13.7 Å². The number of aromatic nitrogens is 1. The molecular formula is C35H34F6N2O5. The molecule has 2 aromatic carbocycles. The number of ether oxygens (including phenoxy) is 2. The summed E-state index contributed by atoms with van der Waals surface area (Å²) in [5.41, 5.74) is 1.10. The highest BCUT2D eigenvalue weighted by Crippen LogP contribution is 2.47. The SMILES string of the molecule is COc1ncc(-c2ccc(C(=O)O)cc2C)cc1C1=C(CN2C(=O)O[C@H](c3cc(C(F)(F)F)cc(C(F)(F)F)c3)C2C)CC(C)(C)CC1. The molecule has 256 valence electrons. The lowest BCUT2D eigenvalue weighted by atomic mass is 9.72. The molecule has 1 amide bonds. The van der Waals surface area contributed by atoms with Crippen LogP contribution in [-0.4, -0.2) is 46.7 Å². The Balaban J connectivity index is 1.55. The van der Waals surface area contributed by atoms with Gasteiger partial charge in [-0.05, 0) is 103 Å². The Labute approximate surface area is 273 Å². The molecule has 1 aromatic heterocycles. The number of cyclic esters (lactones) is 1. The summed E-state index contributed by atoms with van der Waals surface area (Å²) in [4.78, 5) is 30.6. The number of hydrogen-bond donors (Lipinski definition) is 1. The average Bonchev–Trinajstić information content (AvgIpc) is 3.27. The Morgan fingerprint density at radius 2 is 1.69 bits per heavy atom. The number of rotatable bonds is 7. The molecule has 1 N–H and O–H groups in total. The molecule has 1 aliphatic carbocycles. The summed E-state index contributed by atoms with van der Waals surface area (Å²) in [5.74, 6) is -0.729. The second-order valence-corrected chi connectivity index (χ2v) is 13.1. The largest absolute Gasteiger partial charge is 0.481 e. The standard InChI is InChI=1S/C35H34F6N2O5/c1-18-10-20(31(44)45)6-7-26(18)22-13-28(30(47-5)42-16-22)27-8-9-33(3,4)15-23(27)17-43-19(2)29(48-32(43)46)21-11-24(34(36,37)38)14-25(12-21)35(39,40)41/h6-7,10-14,16,19,29H,8-9,15,17H2,1-5H3,(H,44,45)/t19?,29-/m0/s1. The van der Waals surface area contributed by atoms with Crippen LogP contribution in [0.3, 0.4) is 0 Å². The van der Waals surface area contributed by atoms with Crippen molar-refractivity contribution < 1.29 is 50.5 Å². The minimum Gasteiger partial charge on any atom is -0.481 e. The van der Waals surface area contributed by atoms with E-state index in [1.165, 1.54) is 25.0 Å². The molecule has 1 saturated heterocycles.